The minimum atomic E-state index is -0.436. The van der Waals surface area contributed by atoms with Crippen molar-refractivity contribution in [1.82, 2.24) is 5.32 Å². The number of nitrogens with zero attached hydrogens (tertiary/aromatic N) is 1. The Kier molecular flexibility index (Phi) is 5.82. The van der Waals surface area contributed by atoms with E-state index in [1.807, 2.05) is 0 Å². The van der Waals surface area contributed by atoms with Gasteiger partial charge in [-0.25, -0.2) is 0 Å². The molecule has 1 aliphatic heterocycles. The van der Waals surface area contributed by atoms with Crippen molar-refractivity contribution in [2.24, 2.45) is 0 Å². The van der Waals surface area contributed by atoms with E-state index in [2.05, 4.69) is 17.6 Å². The monoisotopic (exact) mass is 311 g/mol. The number of non-ortho nitro benzene ring substituents is 1. The summed E-state index contributed by atoms with van der Waals surface area (Å²) in [6.45, 7) is 3.21. The molecule has 1 heterocycles. The van der Waals surface area contributed by atoms with Crippen LogP contribution >= 0.6 is 11.6 Å². The Hall–Kier alpha value is -1.33. The molecule has 1 saturated heterocycles. The van der Waals surface area contributed by atoms with Crippen LogP contribution in [0.25, 0.3) is 0 Å². The zero-order valence-corrected chi connectivity index (χ0v) is 13.0. The molecule has 5 nitrogen and oxygen atoms in total. The lowest BCUT2D eigenvalue weighted by molar-refractivity contribution is -0.384. The topological polar surface area (TPSA) is 67.2 Å². The highest BCUT2D eigenvalue weighted by Crippen LogP contribution is 2.27. The normalized spacial score (nSPS) is 20.6. The third-order valence-electron chi connectivity index (χ3n) is 3.87. The second-order valence-electron chi connectivity index (χ2n) is 5.70. The molecule has 6 heteroatoms. The first-order valence-corrected chi connectivity index (χ1v) is 7.88. The molecule has 21 heavy (non-hydrogen) atoms. The van der Waals surface area contributed by atoms with Gasteiger partial charge in [0.25, 0.3) is 5.69 Å². The molecule has 0 aromatic heterocycles. The highest BCUT2D eigenvalue weighted by molar-refractivity contribution is 6.33. The maximum Gasteiger partial charge on any atom is 0.271 e. The molecule has 2 unspecified atom stereocenters. The van der Waals surface area contributed by atoms with Crippen LogP contribution < -0.4 is 10.6 Å². The molecule has 116 valence electrons. The fraction of sp³-hybridized carbons (Fsp3) is 0.600. The summed E-state index contributed by atoms with van der Waals surface area (Å²) >= 11 is 6.10. The Balaban J connectivity index is 1.92. The number of nitro benzene ring substituents is 1. The quantitative estimate of drug-likeness (QED) is 0.638. The van der Waals surface area contributed by atoms with E-state index in [9.17, 15) is 10.1 Å². The van der Waals surface area contributed by atoms with Gasteiger partial charge >= 0.3 is 0 Å². The van der Waals surface area contributed by atoms with Gasteiger partial charge in [-0.1, -0.05) is 24.4 Å². The Morgan fingerprint density at radius 2 is 2.29 bits per heavy atom. The van der Waals surface area contributed by atoms with Crippen molar-refractivity contribution in [2.75, 3.05) is 11.9 Å². The zero-order valence-electron chi connectivity index (χ0n) is 12.3. The van der Waals surface area contributed by atoms with Crippen molar-refractivity contribution < 1.29 is 4.92 Å². The Labute approximate surface area is 130 Å². The van der Waals surface area contributed by atoms with Crippen LogP contribution in [0.5, 0.6) is 0 Å². The van der Waals surface area contributed by atoms with Gasteiger partial charge < -0.3 is 10.6 Å². The molecule has 2 atom stereocenters. The van der Waals surface area contributed by atoms with Crippen molar-refractivity contribution in [3.05, 3.63) is 33.3 Å². The molecule has 0 aliphatic carbocycles. The number of halogens is 1. The standard InChI is InChI=1S/C15H22ClN3O2/c1-11(9-12-5-3-2-4-8-17-12)18-15-7-6-13(19(20)21)10-14(15)16/h6-7,10-12,17-18H,2-5,8-9H2,1H3. The average molecular weight is 312 g/mol. The SMILES string of the molecule is CC(CC1CCCCCN1)Nc1ccc([N+](=O)[O-])cc1Cl. The van der Waals surface area contributed by atoms with Gasteiger partial charge in [-0.2, -0.15) is 0 Å². The highest BCUT2D eigenvalue weighted by Gasteiger charge is 2.16. The van der Waals surface area contributed by atoms with E-state index in [1.165, 1.54) is 37.8 Å². The first kappa shape index (κ1) is 16.0. The van der Waals surface area contributed by atoms with E-state index >= 15 is 0 Å². The van der Waals surface area contributed by atoms with Gasteiger partial charge in [-0.05, 0) is 38.8 Å². The minimum absolute atomic E-state index is 0.0173. The molecular weight excluding hydrogens is 290 g/mol. The average Bonchev–Trinajstić information content (AvgIpc) is 2.69. The third kappa shape index (κ3) is 4.86. The number of nitrogens with one attached hydrogen (secondary N) is 2. The van der Waals surface area contributed by atoms with Crippen LogP contribution in [-0.2, 0) is 0 Å². The fourth-order valence-corrected chi connectivity index (χ4v) is 3.02. The summed E-state index contributed by atoms with van der Waals surface area (Å²) in [7, 11) is 0. The van der Waals surface area contributed by atoms with Gasteiger partial charge in [-0.15, -0.1) is 0 Å². The van der Waals surface area contributed by atoms with Crippen LogP contribution in [-0.4, -0.2) is 23.6 Å². The summed E-state index contributed by atoms with van der Waals surface area (Å²) in [5.74, 6) is 0. The summed E-state index contributed by atoms with van der Waals surface area (Å²) in [4.78, 5) is 10.3. The molecule has 2 N–H and O–H groups in total. The van der Waals surface area contributed by atoms with Crippen molar-refractivity contribution in [2.45, 2.75) is 51.1 Å². The lowest BCUT2D eigenvalue weighted by Crippen LogP contribution is -2.33. The number of hydrogen-bond acceptors (Lipinski definition) is 4. The molecular formula is C15H22ClN3O2. The number of anilines is 1. The summed E-state index contributed by atoms with van der Waals surface area (Å²) in [5, 5.41) is 18.0. The third-order valence-corrected chi connectivity index (χ3v) is 4.18. The van der Waals surface area contributed by atoms with Gasteiger partial charge in [0.1, 0.15) is 0 Å². The number of benzene rings is 1. The van der Waals surface area contributed by atoms with Crippen LogP contribution in [0.4, 0.5) is 11.4 Å². The molecule has 0 amide bonds. The summed E-state index contributed by atoms with van der Waals surface area (Å²) in [5.41, 5.74) is 0.770. The molecule has 1 aromatic rings. The fourth-order valence-electron chi connectivity index (χ4n) is 2.79. The molecule has 2 rings (SSSR count). The summed E-state index contributed by atoms with van der Waals surface area (Å²) in [6.07, 6.45) is 6.07. The second-order valence-corrected chi connectivity index (χ2v) is 6.11. The van der Waals surface area contributed by atoms with Crippen LogP contribution in [0, 0.1) is 10.1 Å². The van der Waals surface area contributed by atoms with E-state index in [0.717, 1.165) is 18.7 Å². The van der Waals surface area contributed by atoms with Crippen molar-refractivity contribution in [3.63, 3.8) is 0 Å². The molecule has 1 aromatic carbocycles. The predicted molar refractivity (Wildman–Crippen MR) is 86.1 cm³/mol. The number of hydrogen-bond donors (Lipinski definition) is 2. The van der Waals surface area contributed by atoms with Crippen LogP contribution in [0.2, 0.25) is 5.02 Å². The Bertz CT molecular complexity index is 488. The van der Waals surface area contributed by atoms with E-state index in [0.29, 0.717) is 11.1 Å². The van der Waals surface area contributed by atoms with Crippen LogP contribution in [0.15, 0.2) is 18.2 Å². The highest BCUT2D eigenvalue weighted by atomic mass is 35.5. The van der Waals surface area contributed by atoms with Gasteiger partial charge in [0.2, 0.25) is 0 Å². The van der Waals surface area contributed by atoms with Crippen LogP contribution in [0.3, 0.4) is 0 Å². The summed E-state index contributed by atoms with van der Waals surface area (Å²) < 4.78 is 0. The lowest BCUT2D eigenvalue weighted by Gasteiger charge is -2.22. The van der Waals surface area contributed by atoms with E-state index in [1.54, 1.807) is 6.07 Å². The Morgan fingerprint density at radius 3 is 3.00 bits per heavy atom. The van der Waals surface area contributed by atoms with Gasteiger partial charge in [0.05, 0.1) is 15.6 Å². The molecule has 0 spiro atoms. The maximum atomic E-state index is 10.7. The van der Waals surface area contributed by atoms with E-state index < -0.39 is 4.92 Å². The van der Waals surface area contributed by atoms with Crippen LogP contribution in [0.1, 0.15) is 39.0 Å². The summed E-state index contributed by atoms with van der Waals surface area (Å²) in [6, 6.07) is 5.34. The second kappa shape index (κ2) is 7.61. The first-order valence-electron chi connectivity index (χ1n) is 7.50. The number of rotatable bonds is 5. The van der Waals surface area contributed by atoms with E-state index in [-0.39, 0.29) is 11.7 Å². The smallest absolute Gasteiger partial charge is 0.271 e. The minimum Gasteiger partial charge on any atom is -0.381 e. The van der Waals surface area contributed by atoms with E-state index in [4.69, 9.17) is 11.6 Å². The molecule has 1 aliphatic rings. The predicted octanol–water partition coefficient (Wildman–Crippen LogP) is 3.97. The van der Waals surface area contributed by atoms with Crippen molar-refractivity contribution in [1.29, 1.82) is 0 Å². The maximum absolute atomic E-state index is 10.7. The molecule has 1 fully saturated rings. The largest absolute Gasteiger partial charge is 0.381 e. The van der Waals surface area contributed by atoms with Crippen molar-refractivity contribution >= 4 is 23.0 Å². The first-order chi connectivity index (χ1) is 10.1. The van der Waals surface area contributed by atoms with Gasteiger partial charge in [0, 0.05) is 24.2 Å². The molecule has 0 saturated carbocycles. The number of nitro groups is 1. The Morgan fingerprint density at radius 1 is 1.48 bits per heavy atom. The van der Waals surface area contributed by atoms with Gasteiger partial charge in [-0.3, -0.25) is 10.1 Å². The molecule has 0 bridgehead atoms. The zero-order chi connectivity index (χ0) is 15.2. The lowest BCUT2D eigenvalue weighted by atomic mass is 10.0. The van der Waals surface area contributed by atoms with Crippen molar-refractivity contribution in [3.8, 4) is 0 Å². The van der Waals surface area contributed by atoms with Gasteiger partial charge in [0.15, 0.2) is 0 Å². The molecule has 0 radical (unpaired) electrons.